The van der Waals surface area contributed by atoms with Crippen molar-refractivity contribution in [1.29, 1.82) is 0 Å². The third-order valence-corrected chi connectivity index (χ3v) is 2.87. The van der Waals surface area contributed by atoms with E-state index in [2.05, 4.69) is 0 Å². The van der Waals surface area contributed by atoms with Gasteiger partial charge in [-0.05, 0) is 24.8 Å². The third-order valence-electron chi connectivity index (χ3n) is 2.87. The monoisotopic (exact) mass is 234 g/mol. The predicted molar refractivity (Wildman–Crippen MR) is 55.6 cm³/mol. The lowest BCUT2D eigenvalue weighted by Gasteiger charge is -2.34. The zero-order valence-electron chi connectivity index (χ0n) is 9.09. The summed E-state index contributed by atoms with van der Waals surface area (Å²) in [5, 5.41) is 22.3. The fourth-order valence-corrected chi connectivity index (χ4v) is 2.08. The summed E-state index contributed by atoms with van der Waals surface area (Å²) in [6, 6.07) is 0. The summed E-state index contributed by atoms with van der Waals surface area (Å²) >= 11 is 0. The smallest absolute Gasteiger partial charge is 0.303 e. The van der Waals surface area contributed by atoms with Gasteiger partial charge in [0.05, 0.1) is 6.42 Å². The molecule has 0 radical (unpaired) electrons. The third kappa shape index (κ3) is 6.18. The van der Waals surface area contributed by atoms with Crippen molar-refractivity contribution in [2.24, 2.45) is 11.1 Å². The van der Waals surface area contributed by atoms with Crippen LogP contribution in [-0.2, 0) is 4.79 Å². The molecular weight excluding hydrogens is 216 g/mol. The Morgan fingerprint density at radius 1 is 1.38 bits per heavy atom. The summed E-state index contributed by atoms with van der Waals surface area (Å²) in [5.41, 5.74) is 5.54. The molecule has 16 heavy (non-hydrogen) atoms. The summed E-state index contributed by atoms with van der Waals surface area (Å²) in [4.78, 5) is 18.9. The Bertz CT molecular complexity index is 234. The first-order valence-electron chi connectivity index (χ1n) is 5.17. The van der Waals surface area contributed by atoms with Gasteiger partial charge in [0.2, 0.25) is 0 Å². The van der Waals surface area contributed by atoms with Crippen molar-refractivity contribution in [2.75, 3.05) is 6.54 Å². The minimum absolute atomic E-state index is 0.0793. The maximum Gasteiger partial charge on any atom is 0.303 e. The topological polar surface area (TPSA) is 127 Å². The number of carboxylic acid groups (broad SMARTS) is 1. The van der Waals surface area contributed by atoms with Crippen molar-refractivity contribution >= 4 is 5.97 Å². The molecule has 0 bridgehead atoms. The lowest BCUT2D eigenvalue weighted by atomic mass is 9.72. The predicted octanol–water partition coefficient (Wildman–Crippen LogP) is 1.02. The number of rotatable bonds is 3. The molecule has 1 rings (SSSR count). The van der Waals surface area contributed by atoms with Crippen LogP contribution in [0.2, 0.25) is 0 Å². The molecular formula is C9H18N2O5. The van der Waals surface area contributed by atoms with E-state index in [0.29, 0.717) is 6.54 Å². The Kier molecular flexibility index (Phi) is 6.40. The van der Waals surface area contributed by atoms with Crippen molar-refractivity contribution in [3.63, 3.8) is 0 Å². The zero-order chi connectivity index (χ0) is 12.6. The molecule has 1 fully saturated rings. The Labute approximate surface area is 93.4 Å². The second-order valence-corrected chi connectivity index (χ2v) is 4.07. The van der Waals surface area contributed by atoms with Crippen LogP contribution in [0.5, 0.6) is 0 Å². The van der Waals surface area contributed by atoms with E-state index in [0.717, 1.165) is 25.7 Å². The Hall–Kier alpha value is -1.37. The van der Waals surface area contributed by atoms with Gasteiger partial charge in [0.1, 0.15) is 0 Å². The molecule has 1 saturated carbocycles. The molecule has 1 aliphatic carbocycles. The van der Waals surface area contributed by atoms with E-state index in [9.17, 15) is 4.79 Å². The summed E-state index contributed by atoms with van der Waals surface area (Å²) in [6.07, 6.45) is 5.77. The van der Waals surface area contributed by atoms with Gasteiger partial charge in [-0.15, -0.1) is 10.1 Å². The summed E-state index contributed by atoms with van der Waals surface area (Å²) in [5.74, 6) is -0.706. The normalized spacial score (nSPS) is 18.1. The van der Waals surface area contributed by atoms with Crippen LogP contribution in [0.4, 0.5) is 0 Å². The minimum Gasteiger partial charge on any atom is -0.481 e. The summed E-state index contributed by atoms with van der Waals surface area (Å²) in [6.45, 7) is 0.527. The summed E-state index contributed by atoms with van der Waals surface area (Å²) in [7, 11) is 0. The average molecular weight is 234 g/mol. The molecule has 94 valence electrons. The molecule has 0 saturated heterocycles. The molecule has 0 amide bonds. The molecule has 0 aromatic carbocycles. The van der Waals surface area contributed by atoms with Gasteiger partial charge < -0.3 is 16.0 Å². The number of aliphatic carboxylic acids is 1. The fraction of sp³-hybridized carbons (Fsp3) is 0.889. The lowest BCUT2D eigenvalue weighted by Crippen LogP contribution is -2.34. The maximum absolute atomic E-state index is 10.6. The van der Waals surface area contributed by atoms with Gasteiger partial charge in [0.25, 0.3) is 5.09 Å². The molecule has 0 atom stereocenters. The highest BCUT2D eigenvalue weighted by atomic mass is 16.9. The number of carboxylic acids is 1. The SMILES string of the molecule is NCC1(CC(=O)O)CCCCC1.O=[N+]([O-])O. The van der Waals surface area contributed by atoms with Crippen LogP contribution < -0.4 is 5.73 Å². The molecule has 0 aromatic heterocycles. The first kappa shape index (κ1) is 14.6. The van der Waals surface area contributed by atoms with Gasteiger partial charge in [-0.3, -0.25) is 4.79 Å². The van der Waals surface area contributed by atoms with Crippen LogP contribution in [0.1, 0.15) is 38.5 Å². The van der Waals surface area contributed by atoms with Gasteiger partial charge in [-0.1, -0.05) is 19.3 Å². The molecule has 0 unspecified atom stereocenters. The molecule has 0 aliphatic heterocycles. The van der Waals surface area contributed by atoms with E-state index in [-0.39, 0.29) is 11.8 Å². The van der Waals surface area contributed by atoms with Gasteiger partial charge in [-0.25, -0.2) is 0 Å². The average Bonchev–Trinajstić information content (AvgIpc) is 2.17. The zero-order valence-corrected chi connectivity index (χ0v) is 9.09. The molecule has 1 aliphatic rings. The van der Waals surface area contributed by atoms with Crippen molar-refractivity contribution in [3.8, 4) is 0 Å². The van der Waals surface area contributed by atoms with Gasteiger partial charge in [0, 0.05) is 0 Å². The van der Waals surface area contributed by atoms with E-state index in [1.54, 1.807) is 0 Å². The van der Waals surface area contributed by atoms with Crippen LogP contribution in [0.15, 0.2) is 0 Å². The van der Waals surface area contributed by atoms with Crippen LogP contribution in [0.3, 0.4) is 0 Å². The highest BCUT2D eigenvalue weighted by Crippen LogP contribution is 2.38. The second-order valence-electron chi connectivity index (χ2n) is 4.07. The van der Waals surface area contributed by atoms with Crippen LogP contribution in [0.25, 0.3) is 0 Å². The van der Waals surface area contributed by atoms with Crippen LogP contribution in [0, 0.1) is 15.5 Å². The maximum atomic E-state index is 10.6. The molecule has 0 heterocycles. The highest BCUT2D eigenvalue weighted by molar-refractivity contribution is 5.67. The van der Waals surface area contributed by atoms with Crippen LogP contribution in [-0.4, -0.2) is 27.9 Å². The highest BCUT2D eigenvalue weighted by Gasteiger charge is 2.32. The molecule has 7 nitrogen and oxygen atoms in total. The minimum atomic E-state index is -1.50. The van der Waals surface area contributed by atoms with Crippen molar-refractivity contribution in [2.45, 2.75) is 38.5 Å². The number of carbonyl (C=O) groups is 1. The van der Waals surface area contributed by atoms with E-state index in [1.165, 1.54) is 6.42 Å². The van der Waals surface area contributed by atoms with Gasteiger partial charge in [0.15, 0.2) is 0 Å². The molecule has 0 spiro atoms. The standard InChI is InChI=1S/C9H17NO2.HNO3/c10-7-9(6-8(11)12)4-2-1-3-5-9;2-1(3)4/h1-7,10H2,(H,11,12);(H,2,3,4). The largest absolute Gasteiger partial charge is 0.481 e. The van der Waals surface area contributed by atoms with E-state index < -0.39 is 11.1 Å². The van der Waals surface area contributed by atoms with Crippen molar-refractivity contribution in [1.82, 2.24) is 0 Å². The van der Waals surface area contributed by atoms with E-state index >= 15 is 0 Å². The Morgan fingerprint density at radius 3 is 2.12 bits per heavy atom. The van der Waals surface area contributed by atoms with Gasteiger partial charge >= 0.3 is 5.97 Å². The lowest BCUT2D eigenvalue weighted by molar-refractivity contribution is -0.742. The second kappa shape index (κ2) is 7.00. The number of nitrogens with zero attached hydrogens (tertiary/aromatic N) is 1. The van der Waals surface area contributed by atoms with Crippen molar-refractivity contribution in [3.05, 3.63) is 10.1 Å². The quantitative estimate of drug-likeness (QED) is 0.494. The number of nitrogens with two attached hydrogens (primary N) is 1. The number of hydrogen-bond acceptors (Lipinski definition) is 4. The molecule has 4 N–H and O–H groups in total. The summed E-state index contributed by atoms with van der Waals surface area (Å²) < 4.78 is 0. The van der Waals surface area contributed by atoms with Crippen LogP contribution >= 0.6 is 0 Å². The molecule has 0 aromatic rings. The fourth-order valence-electron chi connectivity index (χ4n) is 2.08. The Balaban J connectivity index is 0.000000487. The van der Waals surface area contributed by atoms with E-state index in [1.807, 2.05) is 0 Å². The first-order chi connectivity index (χ1) is 7.42. The first-order valence-corrected chi connectivity index (χ1v) is 5.17. The Morgan fingerprint density at radius 2 is 1.81 bits per heavy atom. The van der Waals surface area contributed by atoms with Gasteiger partial charge in [-0.2, -0.15) is 0 Å². The van der Waals surface area contributed by atoms with Crippen molar-refractivity contribution < 1.29 is 20.2 Å². The molecule has 7 heteroatoms. The van der Waals surface area contributed by atoms with E-state index in [4.69, 9.17) is 26.2 Å². The number of hydrogen-bond donors (Lipinski definition) is 3.